The third kappa shape index (κ3) is 3.18. The first-order chi connectivity index (χ1) is 9.02. The minimum absolute atomic E-state index is 0.338. The van der Waals surface area contributed by atoms with E-state index in [-0.39, 0.29) is 5.91 Å². The highest BCUT2D eigenvalue weighted by atomic mass is 35.5. The number of nitriles is 1. The van der Waals surface area contributed by atoms with Crippen molar-refractivity contribution < 1.29 is 9.53 Å². The standard InChI is InChI=1S/C14H17ClN2O2/c1-4-14(5-2,9-16)13(18)17-12-8-10(19-3)6-7-11(12)15/h6-8H,4-5H2,1-3H3,(H,17,18). The van der Waals surface area contributed by atoms with Crippen LogP contribution < -0.4 is 10.1 Å². The molecule has 0 atom stereocenters. The van der Waals surface area contributed by atoms with E-state index in [9.17, 15) is 10.1 Å². The Balaban J connectivity index is 3.03. The summed E-state index contributed by atoms with van der Waals surface area (Å²) in [5.41, 5.74) is -0.570. The third-order valence-electron chi connectivity index (χ3n) is 3.28. The maximum absolute atomic E-state index is 12.2. The second kappa shape index (κ2) is 6.44. The summed E-state index contributed by atoms with van der Waals surface area (Å²) in [5, 5.41) is 12.3. The van der Waals surface area contributed by atoms with Crippen molar-refractivity contribution >= 4 is 23.2 Å². The number of hydrogen-bond donors (Lipinski definition) is 1. The molecule has 0 heterocycles. The van der Waals surface area contributed by atoms with E-state index in [1.807, 2.05) is 13.8 Å². The van der Waals surface area contributed by atoms with Crippen molar-refractivity contribution in [2.24, 2.45) is 5.41 Å². The van der Waals surface area contributed by atoms with E-state index in [1.165, 1.54) is 7.11 Å². The van der Waals surface area contributed by atoms with E-state index < -0.39 is 5.41 Å². The Morgan fingerprint density at radius 2 is 2.11 bits per heavy atom. The maximum atomic E-state index is 12.2. The van der Waals surface area contributed by atoms with Gasteiger partial charge in [-0.25, -0.2) is 0 Å². The van der Waals surface area contributed by atoms with Crippen molar-refractivity contribution in [1.29, 1.82) is 5.26 Å². The summed E-state index contributed by atoms with van der Waals surface area (Å²) in [6.07, 6.45) is 0.904. The number of nitrogens with zero attached hydrogens (tertiary/aromatic N) is 1. The van der Waals surface area contributed by atoms with Crippen LogP contribution in [-0.2, 0) is 4.79 Å². The van der Waals surface area contributed by atoms with Crippen LogP contribution in [0.25, 0.3) is 0 Å². The minimum atomic E-state index is -1.02. The Labute approximate surface area is 118 Å². The van der Waals surface area contributed by atoms with Gasteiger partial charge in [-0.15, -0.1) is 0 Å². The third-order valence-corrected chi connectivity index (χ3v) is 3.61. The quantitative estimate of drug-likeness (QED) is 0.896. The summed E-state index contributed by atoms with van der Waals surface area (Å²) in [4.78, 5) is 12.2. The van der Waals surface area contributed by atoms with E-state index in [0.29, 0.717) is 29.3 Å². The van der Waals surface area contributed by atoms with Gasteiger partial charge in [0.1, 0.15) is 11.2 Å². The molecular weight excluding hydrogens is 264 g/mol. The van der Waals surface area contributed by atoms with Gasteiger partial charge in [-0.3, -0.25) is 4.79 Å². The average molecular weight is 281 g/mol. The fourth-order valence-corrected chi connectivity index (χ4v) is 1.91. The smallest absolute Gasteiger partial charge is 0.244 e. The predicted molar refractivity (Wildman–Crippen MR) is 75.3 cm³/mol. The topological polar surface area (TPSA) is 62.1 Å². The summed E-state index contributed by atoms with van der Waals surface area (Å²) in [6.45, 7) is 3.64. The van der Waals surface area contributed by atoms with Crippen LogP contribution in [0.5, 0.6) is 5.75 Å². The first-order valence-corrected chi connectivity index (χ1v) is 6.47. The van der Waals surface area contributed by atoms with Crippen LogP contribution in [-0.4, -0.2) is 13.0 Å². The van der Waals surface area contributed by atoms with E-state index >= 15 is 0 Å². The molecule has 1 N–H and O–H groups in total. The second-order valence-electron chi connectivity index (χ2n) is 4.20. The molecule has 0 aliphatic carbocycles. The number of ether oxygens (including phenoxy) is 1. The van der Waals surface area contributed by atoms with Gasteiger partial charge in [0.15, 0.2) is 0 Å². The molecule has 4 nitrogen and oxygen atoms in total. The summed E-state index contributed by atoms with van der Waals surface area (Å²) >= 11 is 6.02. The molecule has 102 valence electrons. The van der Waals surface area contributed by atoms with Crippen molar-refractivity contribution in [1.82, 2.24) is 0 Å². The minimum Gasteiger partial charge on any atom is -0.497 e. The van der Waals surface area contributed by atoms with E-state index in [0.717, 1.165) is 0 Å². The molecule has 0 fully saturated rings. The number of halogens is 1. The Bertz CT molecular complexity index is 505. The molecule has 5 heteroatoms. The van der Waals surface area contributed by atoms with Gasteiger partial charge in [-0.2, -0.15) is 5.26 Å². The van der Waals surface area contributed by atoms with Crippen molar-refractivity contribution in [2.75, 3.05) is 12.4 Å². The van der Waals surface area contributed by atoms with E-state index in [4.69, 9.17) is 16.3 Å². The van der Waals surface area contributed by atoms with Gasteiger partial charge in [0.05, 0.1) is 23.9 Å². The molecule has 0 aliphatic heterocycles. The van der Waals surface area contributed by atoms with E-state index in [1.54, 1.807) is 18.2 Å². The molecule has 0 bridgehead atoms. The van der Waals surface area contributed by atoms with Crippen LogP contribution in [0.4, 0.5) is 5.69 Å². The van der Waals surface area contributed by atoms with Gasteiger partial charge in [0.2, 0.25) is 5.91 Å². The van der Waals surface area contributed by atoms with Gasteiger partial charge in [0.25, 0.3) is 0 Å². The van der Waals surface area contributed by atoms with Crippen LogP contribution in [0, 0.1) is 16.7 Å². The van der Waals surface area contributed by atoms with Crippen molar-refractivity contribution in [3.05, 3.63) is 23.2 Å². The molecular formula is C14H17ClN2O2. The van der Waals surface area contributed by atoms with Crippen molar-refractivity contribution in [3.63, 3.8) is 0 Å². The van der Waals surface area contributed by atoms with Gasteiger partial charge in [0, 0.05) is 6.07 Å². The monoisotopic (exact) mass is 280 g/mol. The van der Waals surface area contributed by atoms with E-state index in [2.05, 4.69) is 11.4 Å². The van der Waals surface area contributed by atoms with Crippen molar-refractivity contribution in [2.45, 2.75) is 26.7 Å². The fourth-order valence-electron chi connectivity index (χ4n) is 1.75. The molecule has 0 saturated carbocycles. The van der Waals surface area contributed by atoms with Crippen LogP contribution in [0.15, 0.2) is 18.2 Å². The zero-order valence-electron chi connectivity index (χ0n) is 11.3. The number of benzene rings is 1. The number of amides is 1. The van der Waals surface area contributed by atoms with Gasteiger partial charge < -0.3 is 10.1 Å². The van der Waals surface area contributed by atoms with Gasteiger partial charge in [-0.05, 0) is 25.0 Å². The zero-order valence-corrected chi connectivity index (χ0v) is 12.0. The molecule has 1 aromatic rings. The Kier molecular flexibility index (Phi) is 5.20. The molecule has 1 aromatic carbocycles. The number of carbonyl (C=O) groups is 1. The molecule has 0 aromatic heterocycles. The SMILES string of the molecule is CCC(C#N)(CC)C(=O)Nc1cc(OC)ccc1Cl. The fraction of sp³-hybridized carbons (Fsp3) is 0.429. The van der Waals surface area contributed by atoms with Crippen LogP contribution in [0.2, 0.25) is 5.02 Å². The van der Waals surface area contributed by atoms with Gasteiger partial charge >= 0.3 is 0 Å². The summed E-state index contributed by atoms with van der Waals surface area (Å²) in [5.74, 6) is 0.255. The zero-order chi connectivity index (χ0) is 14.5. The lowest BCUT2D eigenvalue weighted by molar-refractivity contribution is -0.123. The number of anilines is 1. The molecule has 0 radical (unpaired) electrons. The molecule has 1 amide bonds. The maximum Gasteiger partial charge on any atom is 0.244 e. The number of hydrogen-bond acceptors (Lipinski definition) is 3. The van der Waals surface area contributed by atoms with Crippen LogP contribution >= 0.6 is 11.6 Å². The average Bonchev–Trinajstić information content (AvgIpc) is 2.44. The Hall–Kier alpha value is -1.73. The number of nitrogens with one attached hydrogen (secondary N) is 1. The highest BCUT2D eigenvalue weighted by Gasteiger charge is 2.35. The first kappa shape index (κ1) is 15.3. The Morgan fingerprint density at radius 1 is 1.47 bits per heavy atom. The van der Waals surface area contributed by atoms with Gasteiger partial charge in [-0.1, -0.05) is 25.4 Å². The largest absolute Gasteiger partial charge is 0.497 e. The molecule has 1 rings (SSSR count). The summed E-state index contributed by atoms with van der Waals surface area (Å²) < 4.78 is 5.08. The lowest BCUT2D eigenvalue weighted by Crippen LogP contribution is -2.34. The van der Waals surface area contributed by atoms with Crippen molar-refractivity contribution in [3.8, 4) is 11.8 Å². The van der Waals surface area contributed by atoms with Crippen LogP contribution in [0.3, 0.4) is 0 Å². The molecule has 0 unspecified atom stereocenters. The number of carbonyl (C=O) groups excluding carboxylic acids is 1. The molecule has 0 aliphatic rings. The first-order valence-electron chi connectivity index (χ1n) is 6.09. The molecule has 0 spiro atoms. The Morgan fingerprint density at radius 3 is 2.58 bits per heavy atom. The van der Waals surface area contributed by atoms with Crippen LogP contribution in [0.1, 0.15) is 26.7 Å². The molecule has 0 saturated heterocycles. The molecule has 19 heavy (non-hydrogen) atoms. The second-order valence-corrected chi connectivity index (χ2v) is 4.61. The number of methoxy groups -OCH3 is 1. The normalized spacial score (nSPS) is 10.7. The highest BCUT2D eigenvalue weighted by Crippen LogP contribution is 2.31. The lowest BCUT2D eigenvalue weighted by atomic mass is 9.83. The summed E-state index contributed by atoms with van der Waals surface area (Å²) in [6, 6.07) is 7.07. The lowest BCUT2D eigenvalue weighted by Gasteiger charge is -2.22. The number of rotatable bonds is 5. The summed E-state index contributed by atoms with van der Waals surface area (Å²) in [7, 11) is 1.53. The highest BCUT2D eigenvalue weighted by molar-refractivity contribution is 6.33. The predicted octanol–water partition coefficient (Wildman–Crippen LogP) is 3.62.